The van der Waals surface area contributed by atoms with E-state index in [-0.39, 0.29) is 0 Å². The smallest absolute Gasteiger partial charge is 0.323 e. The van der Waals surface area contributed by atoms with E-state index in [1.54, 1.807) is 0 Å². The molecular formula is C16H28N2O2. The van der Waals surface area contributed by atoms with Gasteiger partial charge < -0.3 is 10.4 Å². The third kappa shape index (κ3) is 3.17. The molecule has 3 saturated carbocycles. The molecule has 0 aromatic carbocycles. The van der Waals surface area contributed by atoms with Crippen molar-refractivity contribution in [1.82, 2.24) is 10.2 Å². The number of rotatable bonds is 7. The molecule has 0 spiro atoms. The van der Waals surface area contributed by atoms with Gasteiger partial charge in [0.2, 0.25) is 0 Å². The summed E-state index contributed by atoms with van der Waals surface area (Å²) >= 11 is 0. The highest BCUT2D eigenvalue weighted by Gasteiger charge is 2.44. The van der Waals surface area contributed by atoms with Gasteiger partial charge in [0, 0.05) is 19.1 Å². The van der Waals surface area contributed by atoms with Crippen LogP contribution >= 0.6 is 0 Å². The Balaban J connectivity index is 1.66. The lowest BCUT2D eigenvalue weighted by molar-refractivity contribution is -0.147. The van der Waals surface area contributed by atoms with Crippen LogP contribution in [0.3, 0.4) is 0 Å². The minimum absolute atomic E-state index is 0.466. The van der Waals surface area contributed by atoms with Gasteiger partial charge in [-0.15, -0.1) is 0 Å². The van der Waals surface area contributed by atoms with Gasteiger partial charge in [-0.2, -0.15) is 0 Å². The van der Waals surface area contributed by atoms with Crippen LogP contribution in [-0.4, -0.2) is 47.7 Å². The zero-order chi connectivity index (χ0) is 14.2. The van der Waals surface area contributed by atoms with E-state index in [9.17, 15) is 9.90 Å². The van der Waals surface area contributed by atoms with Crippen LogP contribution in [0, 0.1) is 11.8 Å². The number of carboxylic acid groups (broad SMARTS) is 1. The van der Waals surface area contributed by atoms with Gasteiger partial charge in [-0.1, -0.05) is 0 Å². The van der Waals surface area contributed by atoms with Crippen molar-refractivity contribution in [3.05, 3.63) is 0 Å². The van der Waals surface area contributed by atoms with Crippen molar-refractivity contribution in [3.63, 3.8) is 0 Å². The quantitative estimate of drug-likeness (QED) is 0.750. The molecule has 0 heterocycles. The summed E-state index contributed by atoms with van der Waals surface area (Å²) in [7, 11) is 1.81. The SMILES string of the molecule is CNC1(C(=O)O)CCCC(N(CC2CC2)CC2CC2)C1. The first-order valence-electron chi connectivity index (χ1n) is 8.29. The van der Waals surface area contributed by atoms with Gasteiger partial charge in [0.15, 0.2) is 0 Å². The number of carboxylic acids is 1. The Kier molecular flexibility index (Phi) is 4.04. The number of aliphatic carboxylic acids is 1. The van der Waals surface area contributed by atoms with Crippen LogP contribution in [-0.2, 0) is 4.79 Å². The lowest BCUT2D eigenvalue weighted by atomic mass is 9.78. The maximum atomic E-state index is 11.7. The molecule has 3 fully saturated rings. The molecule has 0 amide bonds. The fourth-order valence-corrected chi connectivity index (χ4v) is 3.72. The Labute approximate surface area is 121 Å². The van der Waals surface area contributed by atoms with Gasteiger partial charge in [-0.3, -0.25) is 9.69 Å². The minimum Gasteiger partial charge on any atom is -0.480 e. The molecule has 3 rings (SSSR count). The third-order valence-electron chi connectivity index (χ3n) is 5.51. The summed E-state index contributed by atoms with van der Waals surface area (Å²) in [4.78, 5) is 14.3. The number of nitrogens with zero attached hydrogens (tertiary/aromatic N) is 1. The molecule has 3 aliphatic rings. The van der Waals surface area contributed by atoms with E-state index in [4.69, 9.17) is 0 Å². The maximum Gasteiger partial charge on any atom is 0.323 e. The largest absolute Gasteiger partial charge is 0.480 e. The summed E-state index contributed by atoms with van der Waals surface area (Å²) in [6.07, 6.45) is 9.27. The second-order valence-corrected chi connectivity index (χ2v) is 7.23. The first-order chi connectivity index (χ1) is 9.63. The number of hydrogen-bond acceptors (Lipinski definition) is 3. The number of nitrogens with one attached hydrogen (secondary N) is 1. The zero-order valence-corrected chi connectivity index (χ0v) is 12.6. The molecule has 2 unspecified atom stereocenters. The molecule has 20 heavy (non-hydrogen) atoms. The van der Waals surface area contributed by atoms with Crippen molar-refractivity contribution >= 4 is 5.97 Å². The predicted octanol–water partition coefficient (Wildman–Crippen LogP) is 2.09. The lowest BCUT2D eigenvalue weighted by Gasteiger charge is -2.42. The second-order valence-electron chi connectivity index (χ2n) is 7.23. The summed E-state index contributed by atoms with van der Waals surface area (Å²) in [6.45, 7) is 2.42. The fraction of sp³-hybridized carbons (Fsp3) is 0.938. The van der Waals surface area contributed by atoms with Gasteiger partial charge in [0.25, 0.3) is 0 Å². The average Bonchev–Trinajstić information content (AvgIpc) is 3.33. The molecule has 4 heteroatoms. The highest BCUT2D eigenvalue weighted by molar-refractivity contribution is 5.79. The van der Waals surface area contributed by atoms with E-state index < -0.39 is 11.5 Å². The van der Waals surface area contributed by atoms with E-state index in [1.165, 1.54) is 45.2 Å². The average molecular weight is 280 g/mol. The monoisotopic (exact) mass is 280 g/mol. The molecule has 0 saturated heterocycles. The van der Waals surface area contributed by atoms with Crippen molar-refractivity contribution < 1.29 is 9.90 Å². The highest BCUT2D eigenvalue weighted by atomic mass is 16.4. The summed E-state index contributed by atoms with van der Waals surface area (Å²) in [5, 5.41) is 12.7. The lowest BCUT2D eigenvalue weighted by Crippen LogP contribution is -2.57. The highest BCUT2D eigenvalue weighted by Crippen LogP contribution is 2.38. The number of hydrogen-bond donors (Lipinski definition) is 2. The topological polar surface area (TPSA) is 52.6 Å². The Bertz CT molecular complexity index is 351. The molecule has 2 atom stereocenters. The van der Waals surface area contributed by atoms with Crippen LogP contribution in [0.1, 0.15) is 51.4 Å². The summed E-state index contributed by atoms with van der Waals surface area (Å²) in [5.41, 5.74) is -0.686. The van der Waals surface area contributed by atoms with Gasteiger partial charge >= 0.3 is 5.97 Å². The maximum absolute atomic E-state index is 11.7. The molecule has 4 nitrogen and oxygen atoms in total. The normalized spacial score (nSPS) is 34.4. The van der Waals surface area contributed by atoms with Gasteiger partial charge in [0.05, 0.1) is 0 Å². The molecule has 0 radical (unpaired) electrons. The van der Waals surface area contributed by atoms with Crippen LogP contribution in [0.15, 0.2) is 0 Å². The van der Waals surface area contributed by atoms with E-state index in [1.807, 2.05) is 7.05 Å². The Morgan fingerprint density at radius 2 is 1.80 bits per heavy atom. The van der Waals surface area contributed by atoms with Gasteiger partial charge in [-0.05, 0) is 70.3 Å². The number of carbonyl (C=O) groups is 1. The molecule has 114 valence electrons. The van der Waals surface area contributed by atoms with Crippen LogP contribution in [0.2, 0.25) is 0 Å². The van der Waals surface area contributed by atoms with Crippen molar-refractivity contribution in [2.24, 2.45) is 11.8 Å². The van der Waals surface area contributed by atoms with Crippen LogP contribution < -0.4 is 5.32 Å². The second kappa shape index (κ2) is 5.64. The van der Waals surface area contributed by atoms with Gasteiger partial charge in [-0.25, -0.2) is 0 Å². The molecule has 0 bridgehead atoms. The summed E-state index contributed by atoms with van der Waals surface area (Å²) in [5.74, 6) is 1.12. The van der Waals surface area contributed by atoms with Crippen molar-refractivity contribution in [3.8, 4) is 0 Å². The third-order valence-corrected chi connectivity index (χ3v) is 5.51. The van der Waals surface area contributed by atoms with Crippen LogP contribution in [0.5, 0.6) is 0 Å². The minimum atomic E-state index is -0.686. The molecule has 0 aromatic rings. The van der Waals surface area contributed by atoms with Crippen LogP contribution in [0.4, 0.5) is 0 Å². The van der Waals surface area contributed by atoms with E-state index in [2.05, 4.69) is 10.2 Å². The predicted molar refractivity (Wildman–Crippen MR) is 78.7 cm³/mol. The first kappa shape index (κ1) is 14.3. The Morgan fingerprint density at radius 1 is 1.20 bits per heavy atom. The van der Waals surface area contributed by atoms with E-state index in [0.717, 1.165) is 31.1 Å². The zero-order valence-electron chi connectivity index (χ0n) is 12.6. The number of likely N-dealkylation sites (N-methyl/N-ethyl adjacent to an activating group) is 1. The molecule has 0 aliphatic heterocycles. The van der Waals surface area contributed by atoms with E-state index in [0.29, 0.717) is 6.04 Å². The molecule has 0 aromatic heterocycles. The fourth-order valence-electron chi connectivity index (χ4n) is 3.72. The Morgan fingerprint density at radius 3 is 2.25 bits per heavy atom. The summed E-state index contributed by atoms with van der Waals surface area (Å²) in [6, 6.07) is 0.466. The molecule has 3 aliphatic carbocycles. The van der Waals surface area contributed by atoms with Crippen LogP contribution in [0.25, 0.3) is 0 Å². The standard InChI is InChI=1S/C16H28N2O2/c1-17-16(15(19)20)8-2-3-14(9-16)18(10-12-4-5-12)11-13-6-7-13/h12-14,17H,2-11H2,1H3,(H,19,20). The van der Waals surface area contributed by atoms with Crippen molar-refractivity contribution in [2.75, 3.05) is 20.1 Å². The molecular weight excluding hydrogens is 252 g/mol. The van der Waals surface area contributed by atoms with Gasteiger partial charge in [0.1, 0.15) is 5.54 Å². The van der Waals surface area contributed by atoms with Crippen molar-refractivity contribution in [2.45, 2.75) is 62.9 Å². The Hall–Kier alpha value is -0.610. The summed E-state index contributed by atoms with van der Waals surface area (Å²) < 4.78 is 0. The molecule has 2 N–H and O–H groups in total. The van der Waals surface area contributed by atoms with E-state index >= 15 is 0 Å². The first-order valence-corrected chi connectivity index (χ1v) is 8.29. The van der Waals surface area contributed by atoms with Crippen molar-refractivity contribution in [1.29, 1.82) is 0 Å².